The Morgan fingerprint density at radius 2 is 1.32 bits per heavy atom. The molecule has 4 nitrogen and oxygen atoms in total. The predicted molar refractivity (Wildman–Crippen MR) is 123 cm³/mol. The maximum atomic E-state index is 11.0. The van der Waals surface area contributed by atoms with Gasteiger partial charge in [0.1, 0.15) is 0 Å². The number of piperidine rings is 1. The summed E-state index contributed by atoms with van der Waals surface area (Å²) in [4.78, 5) is 0. The first-order valence-corrected chi connectivity index (χ1v) is 11.1. The van der Waals surface area contributed by atoms with Gasteiger partial charge in [0.2, 0.25) is 0 Å². The molecular formula is C27H31NO3. The van der Waals surface area contributed by atoms with Gasteiger partial charge in [-0.2, -0.15) is 0 Å². The van der Waals surface area contributed by atoms with Crippen molar-refractivity contribution in [2.24, 2.45) is 5.92 Å². The number of rotatable bonds is 7. The van der Waals surface area contributed by atoms with Crippen molar-refractivity contribution in [2.45, 2.75) is 50.3 Å². The molecule has 0 amide bonds. The van der Waals surface area contributed by atoms with Gasteiger partial charge in [-0.25, -0.2) is 0 Å². The number of phenolic OH excluding ortho intramolecular Hbond substituents is 2. The third kappa shape index (κ3) is 5.46. The van der Waals surface area contributed by atoms with Gasteiger partial charge in [-0.3, -0.25) is 0 Å². The zero-order valence-electron chi connectivity index (χ0n) is 17.7. The molecule has 1 saturated heterocycles. The van der Waals surface area contributed by atoms with E-state index in [0.29, 0.717) is 17.5 Å². The average Bonchev–Trinajstić information content (AvgIpc) is 2.81. The Balaban J connectivity index is 1.52. The van der Waals surface area contributed by atoms with Crippen LogP contribution in [0.1, 0.15) is 42.1 Å². The highest BCUT2D eigenvalue weighted by Gasteiger charge is 2.32. The van der Waals surface area contributed by atoms with Gasteiger partial charge in [-0.1, -0.05) is 73.2 Å². The molecule has 3 aromatic rings. The molecule has 0 saturated carbocycles. The van der Waals surface area contributed by atoms with Gasteiger partial charge in [0, 0.05) is 12.1 Å². The molecule has 3 unspecified atom stereocenters. The van der Waals surface area contributed by atoms with Gasteiger partial charge in [0.25, 0.3) is 0 Å². The van der Waals surface area contributed by atoms with Crippen molar-refractivity contribution in [2.75, 3.05) is 0 Å². The lowest BCUT2D eigenvalue weighted by Crippen LogP contribution is -2.49. The minimum atomic E-state index is -0.733. The van der Waals surface area contributed by atoms with E-state index >= 15 is 0 Å². The molecule has 1 heterocycles. The van der Waals surface area contributed by atoms with Gasteiger partial charge in [0.05, 0.1) is 6.10 Å². The molecule has 4 heteroatoms. The van der Waals surface area contributed by atoms with Crippen LogP contribution in [0.2, 0.25) is 0 Å². The second-order valence-electron chi connectivity index (χ2n) is 8.64. The van der Waals surface area contributed by atoms with E-state index < -0.39 is 6.10 Å². The minimum absolute atomic E-state index is 0.0864. The summed E-state index contributed by atoms with van der Waals surface area (Å²) in [7, 11) is 0. The Morgan fingerprint density at radius 1 is 0.742 bits per heavy atom. The van der Waals surface area contributed by atoms with Crippen LogP contribution < -0.4 is 5.32 Å². The van der Waals surface area contributed by atoms with E-state index in [9.17, 15) is 15.3 Å². The number of aliphatic hydroxyl groups excluding tert-OH is 1. The van der Waals surface area contributed by atoms with E-state index in [1.165, 1.54) is 23.3 Å². The number of hydrogen-bond donors (Lipinski definition) is 4. The van der Waals surface area contributed by atoms with Crippen molar-refractivity contribution in [3.63, 3.8) is 0 Å². The smallest absolute Gasteiger partial charge is 0.157 e. The Bertz CT molecular complexity index is 919. The van der Waals surface area contributed by atoms with Crippen molar-refractivity contribution in [1.82, 2.24) is 5.32 Å². The molecule has 1 aliphatic rings. The molecule has 0 radical (unpaired) electrons. The second-order valence-corrected chi connectivity index (χ2v) is 8.64. The average molecular weight is 418 g/mol. The maximum Gasteiger partial charge on any atom is 0.157 e. The number of hydrogen-bond acceptors (Lipinski definition) is 4. The molecule has 1 fully saturated rings. The molecule has 1 aliphatic heterocycles. The first-order chi connectivity index (χ1) is 15.1. The lowest BCUT2D eigenvalue weighted by molar-refractivity contribution is 0.0903. The van der Waals surface area contributed by atoms with Gasteiger partial charge in [0.15, 0.2) is 11.5 Å². The normalized spacial score (nSPS) is 19.9. The fourth-order valence-corrected chi connectivity index (χ4v) is 4.77. The topological polar surface area (TPSA) is 72.7 Å². The van der Waals surface area contributed by atoms with E-state index in [4.69, 9.17) is 0 Å². The summed E-state index contributed by atoms with van der Waals surface area (Å²) in [6.45, 7) is 0. The van der Waals surface area contributed by atoms with Crippen LogP contribution in [0.5, 0.6) is 11.5 Å². The van der Waals surface area contributed by atoms with Gasteiger partial charge in [-0.05, 0) is 60.4 Å². The van der Waals surface area contributed by atoms with Crippen molar-refractivity contribution >= 4 is 0 Å². The van der Waals surface area contributed by atoms with E-state index in [0.717, 1.165) is 32.1 Å². The zero-order chi connectivity index (χ0) is 21.6. The number of aromatic hydroxyl groups is 2. The molecule has 3 aromatic carbocycles. The Hall–Kier alpha value is -2.82. The quantitative estimate of drug-likeness (QED) is 0.419. The summed E-state index contributed by atoms with van der Waals surface area (Å²) in [5, 5.41) is 34.1. The predicted octanol–water partition coefficient (Wildman–Crippen LogP) is 4.74. The highest BCUT2D eigenvalue weighted by molar-refractivity contribution is 5.41. The summed E-state index contributed by atoms with van der Waals surface area (Å²) in [6.07, 6.45) is 4.23. The molecular weight excluding hydrogens is 386 g/mol. The fourth-order valence-electron chi connectivity index (χ4n) is 4.77. The lowest BCUT2D eigenvalue weighted by atomic mass is 9.80. The Labute approximate surface area is 184 Å². The molecule has 162 valence electrons. The molecule has 0 aliphatic carbocycles. The summed E-state index contributed by atoms with van der Waals surface area (Å²) in [5.74, 6) is 0.0409. The minimum Gasteiger partial charge on any atom is -0.504 e. The fraction of sp³-hybridized carbons (Fsp3) is 0.333. The highest BCUT2D eigenvalue weighted by atomic mass is 16.3. The van der Waals surface area contributed by atoms with Crippen LogP contribution in [0.4, 0.5) is 0 Å². The van der Waals surface area contributed by atoms with Crippen molar-refractivity contribution < 1.29 is 15.3 Å². The first kappa shape index (κ1) is 21.4. The number of aliphatic hydroxyl groups is 1. The summed E-state index contributed by atoms with van der Waals surface area (Å²) in [5.41, 5.74) is 3.28. The van der Waals surface area contributed by atoms with E-state index in [1.54, 1.807) is 6.07 Å². The third-order valence-electron chi connectivity index (χ3n) is 6.43. The monoisotopic (exact) mass is 417 g/mol. The van der Waals surface area contributed by atoms with Gasteiger partial charge in [-0.15, -0.1) is 0 Å². The number of phenols is 2. The standard InChI is InChI=1S/C27H31NO3/c29-25-15-14-21(18-26(25)30)27(31)24-13-7-12-23(28-24)22(16-19-8-3-1-4-9-19)17-20-10-5-2-6-11-20/h1-6,8-11,14-15,18,22-24,27-31H,7,12-13,16-17H2. The van der Waals surface area contributed by atoms with E-state index in [1.807, 2.05) is 12.1 Å². The van der Waals surface area contributed by atoms with Crippen LogP contribution in [0.25, 0.3) is 0 Å². The van der Waals surface area contributed by atoms with Crippen LogP contribution in [-0.2, 0) is 12.8 Å². The highest BCUT2D eigenvalue weighted by Crippen LogP contribution is 2.33. The summed E-state index contributed by atoms with van der Waals surface area (Å²) in [6, 6.07) is 26.0. The molecule has 31 heavy (non-hydrogen) atoms. The number of nitrogens with one attached hydrogen (secondary N) is 1. The van der Waals surface area contributed by atoms with Crippen LogP contribution in [0.3, 0.4) is 0 Å². The summed E-state index contributed by atoms with van der Waals surface area (Å²) < 4.78 is 0. The molecule has 4 rings (SSSR count). The van der Waals surface area contributed by atoms with Crippen molar-refractivity contribution in [1.29, 1.82) is 0 Å². The van der Waals surface area contributed by atoms with Crippen LogP contribution >= 0.6 is 0 Å². The molecule has 4 N–H and O–H groups in total. The Morgan fingerprint density at radius 3 is 1.90 bits per heavy atom. The number of benzene rings is 3. The zero-order valence-corrected chi connectivity index (χ0v) is 17.7. The Kier molecular flexibility index (Phi) is 6.90. The van der Waals surface area contributed by atoms with Crippen LogP contribution in [-0.4, -0.2) is 27.4 Å². The van der Waals surface area contributed by atoms with E-state index in [2.05, 4.69) is 53.8 Å². The van der Waals surface area contributed by atoms with Crippen LogP contribution in [0.15, 0.2) is 78.9 Å². The lowest BCUT2D eigenvalue weighted by Gasteiger charge is -2.38. The third-order valence-corrected chi connectivity index (χ3v) is 6.43. The van der Waals surface area contributed by atoms with Crippen LogP contribution in [0, 0.1) is 5.92 Å². The maximum absolute atomic E-state index is 11.0. The van der Waals surface area contributed by atoms with Gasteiger partial charge < -0.3 is 20.6 Å². The molecule has 0 spiro atoms. The van der Waals surface area contributed by atoms with Crippen molar-refractivity contribution in [3.8, 4) is 11.5 Å². The first-order valence-electron chi connectivity index (χ1n) is 11.1. The SMILES string of the molecule is Oc1ccc(C(O)C2CCCC(C(Cc3ccccc3)Cc3ccccc3)N2)cc1O. The van der Waals surface area contributed by atoms with Gasteiger partial charge >= 0.3 is 0 Å². The molecule has 3 atom stereocenters. The van der Waals surface area contributed by atoms with Crippen molar-refractivity contribution in [3.05, 3.63) is 95.6 Å². The summed E-state index contributed by atoms with van der Waals surface area (Å²) >= 11 is 0. The largest absolute Gasteiger partial charge is 0.504 e. The molecule has 0 bridgehead atoms. The van der Waals surface area contributed by atoms with E-state index in [-0.39, 0.29) is 17.5 Å². The second kappa shape index (κ2) is 9.99. The molecule has 0 aromatic heterocycles.